The normalized spacial score (nSPS) is 11.0. The Morgan fingerprint density at radius 3 is 2.50 bits per heavy atom. The maximum Gasteiger partial charge on any atom is 0.250 e. The molecule has 3 aromatic rings. The molecule has 6 nitrogen and oxygen atoms in total. The third-order valence-corrected chi connectivity index (χ3v) is 6.26. The van der Waals surface area contributed by atoms with E-state index in [1.165, 1.54) is 18.0 Å². The molecule has 0 saturated heterocycles. The highest BCUT2D eigenvalue weighted by atomic mass is 79.9. The second-order valence-corrected chi connectivity index (χ2v) is 9.86. The van der Waals surface area contributed by atoms with Crippen molar-refractivity contribution in [1.29, 1.82) is 0 Å². The molecule has 0 unspecified atom stereocenters. The fourth-order valence-corrected chi connectivity index (χ4v) is 4.62. The highest BCUT2D eigenvalue weighted by Gasteiger charge is 2.10. The van der Waals surface area contributed by atoms with Crippen LogP contribution in [0, 0.1) is 13.8 Å². The van der Waals surface area contributed by atoms with E-state index in [1.54, 1.807) is 6.07 Å². The largest absolute Gasteiger partial charge is 0.486 e. The summed E-state index contributed by atoms with van der Waals surface area (Å²) in [5.74, 6) is 0.447. The van der Waals surface area contributed by atoms with E-state index in [1.807, 2.05) is 50.2 Å². The molecule has 10 heteroatoms. The number of thioether (sulfide) groups is 1. The maximum atomic E-state index is 12.0. The zero-order valence-electron chi connectivity index (χ0n) is 17.2. The molecule has 0 fully saturated rings. The van der Waals surface area contributed by atoms with Gasteiger partial charge in [-0.05, 0) is 71.2 Å². The van der Waals surface area contributed by atoms with E-state index in [0.29, 0.717) is 32.6 Å². The molecule has 0 saturated carbocycles. The summed E-state index contributed by atoms with van der Waals surface area (Å²) in [4.78, 5) is 20.6. The third kappa shape index (κ3) is 7.58. The Hall–Kier alpha value is -1.94. The van der Waals surface area contributed by atoms with Crippen LogP contribution in [0.1, 0.15) is 22.5 Å². The molecular weight excluding hydrogens is 580 g/mol. The van der Waals surface area contributed by atoms with Gasteiger partial charge in [0.25, 0.3) is 5.91 Å². The second-order valence-electron chi connectivity index (χ2n) is 6.74. The van der Waals surface area contributed by atoms with Crippen molar-refractivity contribution in [2.24, 2.45) is 5.10 Å². The molecule has 2 aromatic carbocycles. The van der Waals surface area contributed by atoms with E-state index in [9.17, 15) is 4.79 Å². The van der Waals surface area contributed by atoms with Gasteiger partial charge in [0.1, 0.15) is 6.61 Å². The van der Waals surface area contributed by atoms with Crippen molar-refractivity contribution in [1.82, 2.24) is 15.4 Å². The van der Waals surface area contributed by atoms with Crippen molar-refractivity contribution >= 4 is 67.3 Å². The van der Waals surface area contributed by atoms with E-state index < -0.39 is 0 Å². The van der Waals surface area contributed by atoms with Crippen LogP contribution in [0.5, 0.6) is 5.75 Å². The summed E-state index contributed by atoms with van der Waals surface area (Å²) >= 11 is 14.5. The van der Waals surface area contributed by atoms with E-state index in [0.717, 1.165) is 21.4 Å². The van der Waals surface area contributed by atoms with Gasteiger partial charge in [-0.3, -0.25) is 4.79 Å². The van der Waals surface area contributed by atoms with Gasteiger partial charge in [-0.25, -0.2) is 15.4 Å². The number of nitrogens with one attached hydrogen (secondary N) is 1. The predicted octanol–water partition coefficient (Wildman–Crippen LogP) is 6.09. The zero-order chi connectivity index (χ0) is 23.1. The summed E-state index contributed by atoms with van der Waals surface area (Å²) < 4.78 is 7.56. The van der Waals surface area contributed by atoms with Crippen molar-refractivity contribution < 1.29 is 9.53 Å². The number of amides is 1. The zero-order valence-corrected chi connectivity index (χ0v) is 22.0. The van der Waals surface area contributed by atoms with Gasteiger partial charge >= 0.3 is 0 Å². The fraction of sp³-hybridized carbons (Fsp3) is 0.182. The molecule has 1 amide bonds. The van der Waals surface area contributed by atoms with E-state index in [-0.39, 0.29) is 11.7 Å². The van der Waals surface area contributed by atoms with Crippen molar-refractivity contribution in [3.63, 3.8) is 0 Å². The summed E-state index contributed by atoms with van der Waals surface area (Å²) in [6.45, 7) is 4.17. The van der Waals surface area contributed by atoms with Crippen LogP contribution in [-0.2, 0) is 11.4 Å². The SMILES string of the molecule is Cc1cc(C)nc(SCC(=O)N/N=C\c2cc(Cl)c(OCc3ccc(Br)cc3)c(Br)c2)n1. The first kappa shape index (κ1) is 24.7. The number of carbonyl (C=O) groups excluding carboxylic acids is 1. The lowest BCUT2D eigenvalue weighted by atomic mass is 10.2. The van der Waals surface area contributed by atoms with Gasteiger partial charge in [0.05, 0.1) is 21.5 Å². The second kappa shape index (κ2) is 11.8. The maximum absolute atomic E-state index is 12.0. The monoisotopic (exact) mass is 596 g/mol. The van der Waals surface area contributed by atoms with Crippen LogP contribution in [0.3, 0.4) is 0 Å². The van der Waals surface area contributed by atoms with Crippen molar-refractivity contribution in [3.05, 3.63) is 78.9 Å². The predicted molar refractivity (Wildman–Crippen MR) is 136 cm³/mol. The molecule has 0 aliphatic heterocycles. The standard InChI is InChI=1S/C22H19Br2ClN4O2S/c1-13-7-14(2)28-22(27-13)32-12-20(30)29-26-10-16-8-18(24)21(19(25)9-16)31-11-15-3-5-17(23)6-4-15/h3-10H,11-12H2,1-2H3,(H,29,30)/b26-10-. The minimum Gasteiger partial charge on any atom is -0.486 e. The van der Waals surface area contributed by atoms with Gasteiger partial charge in [0.2, 0.25) is 0 Å². The first-order chi connectivity index (χ1) is 15.3. The number of aromatic nitrogens is 2. The number of nitrogens with zero attached hydrogens (tertiary/aromatic N) is 3. The van der Waals surface area contributed by atoms with E-state index in [4.69, 9.17) is 16.3 Å². The Morgan fingerprint density at radius 2 is 1.84 bits per heavy atom. The van der Waals surface area contributed by atoms with Crippen LogP contribution in [-0.4, -0.2) is 27.8 Å². The van der Waals surface area contributed by atoms with E-state index >= 15 is 0 Å². The lowest BCUT2D eigenvalue weighted by Crippen LogP contribution is -2.19. The summed E-state index contributed by atoms with van der Waals surface area (Å²) in [7, 11) is 0. The molecule has 1 heterocycles. The van der Waals surface area contributed by atoms with Gasteiger partial charge < -0.3 is 4.74 Å². The number of benzene rings is 2. The molecule has 0 aliphatic rings. The minimum absolute atomic E-state index is 0.160. The number of halogens is 3. The Morgan fingerprint density at radius 1 is 1.16 bits per heavy atom. The highest BCUT2D eigenvalue weighted by Crippen LogP contribution is 2.34. The van der Waals surface area contributed by atoms with E-state index in [2.05, 4.69) is 52.4 Å². The topological polar surface area (TPSA) is 76.5 Å². The summed E-state index contributed by atoms with van der Waals surface area (Å²) in [5, 5.41) is 5.00. The molecular formula is C22H19Br2ClN4O2S. The van der Waals surface area contributed by atoms with Gasteiger partial charge in [0, 0.05) is 15.9 Å². The molecule has 3 rings (SSSR count). The van der Waals surface area contributed by atoms with Crippen molar-refractivity contribution in [3.8, 4) is 5.75 Å². The highest BCUT2D eigenvalue weighted by molar-refractivity contribution is 9.10. The Kier molecular flexibility index (Phi) is 9.10. The molecule has 0 radical (unpaired) electrons. The molecule has 1 aromatic heterocycles. The summed E-state index contributed by atoms with van der Waals surface area (Å²) in [5.41, 5.74) is 5.96. The molecule has 0 bridgehead atoms. The Bertz CT molecular complexity index is 1100. The average Bonchev–Trinajstić information content (AvgIpc) is 2.72. The van der Waals surface area contributed by atoms with Crippen LogP contribution < -0.4 is 10.2 Å². The van der Waals surface area contributed by atoms with Crippen molar-refractivity contribution in [2.45, 2.75) is 25.6 Å². The number of hydrazone groups is 1. The molecule has 166 valence electrons. The lowest BCUT2D eigenvalue weighted by Gasteiger charge is -2.11. The molecule has 1 N–H and O–H groups in total. The number of aryl methyl sites for hydroxylation is 2. The van der Waals surface area contributed by atoms with Gasteiger partial charge in [-0.15, -0.1) is 0 Å². The van der Waals surface area contributed by atoms with Crippen LogP contribution in [0.4, 0.5) is 0 Å². The molecule has 0 spiro atoms. The molecule has 0 aliphatic carbocycles. The van der Waals surface area contributed by atoms with Crippen LogP contribution in [0.15, 0.2) is 61.7 Å². The molecule has 32 heavy (non-hydrogen) atoms. The van der Waals surface area contributed by atoms with Crippen LogP contribution in [0.25, 0.3) is 0 Å². The quantitative estimate of drug-likeness (QED) is 0.147. The Balaban J connectivity index is 1.53. The first-order valence-electron chi connectivity index (χ1n) is 9.43. The fourth-order valence-electron chi connectivity index (χ4n) is 2.63. The number of carbonyl (C=O) groups is 1. The van der Waals surface area contributed by atoms with Gasteiger partial charge in [-0.2, -0.15) is 5.10 Å². The van der Waals surface area contributed by atoms with Gasteiger partial charge in [-0.1, -0.05) is 51.4 Å². The van der Waals surface area contributed by atoms with Gasteiger partial charge in [0.15, 0.2) is 10.9 Å². The van der Waals surface area contributed by atoms with Crippen LogP contribution in [0.2, 0.25) is 5.02 Å². The first-order valence-corrected chi connectivity index (χ1v) is 12.4. The number of hydrogen-bond donors (Lipinski definition) is 1. The summed E-state index contributed by atoms with van der Waals surface area (Å²) in [6, 6.07) is 13.3. The smallest absolute Gasteiger partial charge is 0.250 e. The summed E-state index contributed by atoms with van der Waals surface area (Å²) in [6.07, 6.45) is 1.52. The lowest BCUT2D eigenvalue weighted by molar-refractivity contribution is -0.118. The third-order valence-electron chi connectivity index (χ3n) is 4.01. The van der Waals surface area contributed by atoms with Crippen LogP contribution >= 0.6 is 55.2 Å². The average molecular weight is 599 g/mol. The Labute approximate surface area is 212 Å². The number of rotatable bonds is 8. The molecule has 0 atom stereocenters. The minimum atomic E-state index is -0.256. The number of ether oxygens (including phenoxy) is 1. The number of hydrogen-bond acceptors (Lipinski definition) is 6. The van der Waals surface area contributed by atoms with Crippen molar-refractivity contribution in [2.75, 3.05) is 5.75 Å².